The van der Waals surface area contributed by atoms with Crippen LogP contribution in [0.25, 0.3) is 0 Å². The van der Waals surface area contributed by atoms with Gasteiger partial charge in [-0.3, -0.25) is 0 Å². The van der Waals surface area contributed by atoms with Gasteiger partial charge in [0.2, 0.25) is 0 Å². The third-order valence-electron chi connectivity index (χ3n) is 3.13. The van der Waals surface area contributed by atoms with E-state index in [1.807, 2.05) is 18.2 Å². The Labute approximate surface area is 104 Å². The average molecular weight is 289 g/mol. The molecule has 15 heavy (non-hydrogen) atoms. The van der Waals surface area contributed by atoms with Gasteiger partial charge in [-0.25, -0.2) is 0 Å². The molecule has 0 aliphatic heterocycles. The van der Waals surface area contributed by atoms with Crippen LogP contribution in [0.2, 0.25) is 5.02 Å². The fourth-order valence-corrected chi connectivity index (χ4v) is 2.96. The van der Waals surface area contributed by atoms with Crippen LogP contribution >= 0.6 is 27.5 Å². The molecule has 1 N–H and O–H groups in total. The summed E-state index contributed by atoms with van der Waals surface area (Å²) in [6, 6.07) is 6.51. The maximum atomic E-state index is 5.90. The van der Waals surface area contributed by atoms with Crippen molar-refractivity contribution in [3.05, 3.63) is 27.7 Å². The minimum atomic E-state index is 0.613. The number of hydrogen-bond donors (Lipinski definition) is 1. The molecule has 1 fully saturated rings. The zero-order chi connectivity index (χ0) is 10.8. The van der Waals surface area contributed by atoms with Crippen LogP contribution in [0, 0.1) is 5.92 Å². The summed E-state index contributed by atoms with van der Waals surface area (Å²) in [7, 11) is 0. The van der Waals surface area contributed by atoms with Gasteiger partial charge < -0.3 is 5.32 Å². The summed E-state index contributed by atoms with van der Waals surface area (Å²) in [6.45, 7) is 2.31. The minimum absolute atomic E-state index is 0.613. The van der Waals surface area contributed by atoms with Gasteiger partial charge in [-0.2, -0.15) is 0 Å². The summed E-state index contributed by atoms with van der Waals surface area (Å²) in [4.78, 5) is 0. The molecular weight excluding hydrogens is 273 g/mol. The summed E-state index contributed by atoms with van der Waals surface area (Å²) < 4.78 is 1.05. The van der Waals surface area contributed by atoms with E-state index in [1.165, 1.54) is 19.3 Å². The van der Waals surface area contributed by atoms with Crippen molar-refractivity contribution < 1.29 is 0 Å². The van der Waals surface area contributed by atoms with Crippen molar-refractivity contribution in [1.29, 1.82) is 0 Å². The van der Waals surface area contributed by atoms with E-state index in [9.17, 15) is 0 Å². The summed E-state index contributed by atoms with van der Waals surface area (Å²) in [5.74, 6) is 0.771. The molecule has 0 saturated heterocycles. The Balaban J connectivity index is 2.10. The summed E-state index contributed by atoms with van der Waals surface area (Å²) in [5.41, 5.74) is 1.15. The van der Waals surface area contributed by atoms with Crippen molar-refractivity contribution in [3.8, 4) is 0 Å². The molecule has 2 rings (SSSR count). The second-order valence-corrected chi connectivity index (χ2v) is 5.57. The molecule has 0 spiro atoms. The Morgan fingerprint density at radius 2 is 2.20 bits per heavy atom. The van der Waals surface area contributed by atoms with Gasteiger partial charge in [0, 0.05) is 21.2 Å². The van der Waals surface area contributed by atoms with Crippen LogP contribution < -0.4 is 5.32 Å². The third kappa shape index (κ3) is 2.67. The van der Waals surface area contributed by atoms with E-state index < -0.39 is 0 Å². The van der Waals surface area contributed by atoms with Gasteiger partial charge in [-0.1, -0.05) is 24.9 Å². The zero-order valence-electron chi connectivity index (χ0n) is 8.76. The quantitative estimate of drug-likeness (QED) is 0.831. The molecule has 0 radical (unpaired) electrons. The fourth-order valence-electron chi connectivity index (χ4n) is 2.17. The maximum Gasteiger partial charge on any atom is 0.0487 e. The predicted molar refractivity (Wildman–Crippen MR) is 69.6 cm³/mol. The summed E-state index contributed by atoms with van der Waals surface area (Å²) in [6.07, 6.45) is 3.95. The molecule has 1 aliphatic carbocycles. The number of anilines is 1. The van der Waals surface area contributed by atoms with Gasteiger partial charge >= 0.3 is 0 Å². The second-order valence-electron chi connectivity index (χ2n) is 4.28. The van der Waals surface area contributed by atoms with Gasteiger partial charge in [-0.15, -0.1) is 0 Å². The lowest BCUT2D eigenvalue weighted by atomic mass is 10.1. The van der Waals surface area contributed by atoms with E-state index in [1.54, 1.807) is 0 Å². The van der Waals surface area contributed by atoms with Crippen LogP contribution in [0.4, 0.5) is 5.69 Å². The first-order chi connectivity index (χ1) is 7.16. The molecule has 2 unspecified atom stereocenters. The number of halogens is 2. The molecule has 1 aromatic carbocycles. The molecule has 0 aromatic heterocycles. The molecule has 2 atom stereocenters. The number of rotatable bonds is 2. The lowest BCUT2D eigenvalue weighted by Crippen LogP contribution is -2.21. The van der Waals surface area contributed by atoms with Crippen molar-refractivity contribution in [2.24, 2.45) is 5.92 Å². The topological polar surface area (TPSA) is 12.0 Å². The Hall–Kier alpha value is -0.210. The summed E-state index contributed by atoms with van der Waals surface area (Å²) in [5, 5.41) is 4.35. The minimum Gasteiger partial charge on any atom is -0.381 e. The first-order valence-electron chi connectivity index (χ1n) is 5.38. The molecule has 3 heteroatoms. The number of hydrogen-bond acceptors (Lipinski definition) is 1. The highest BCUT2D eigenvalue weighted by Crippen LogP contribution is 2.32. The number of nitrogens with one attached hydrogen (secondary N) is 1. The van der Waals surface area contributed by atoms with Gasteiger partial charge in [-0.05, 0) is 52.9 Å². The van der Waals surface area contributed by atoms with E-state index in [0.29, 0.717) is 6.04 Å². The van der Waals surface area contributed by atoms with Gasteiger partial charge in [0.05, 0.1) is 0 Å². The van der Waals surface area contributed by atoms with Gasteiger partial charge in [0.15, 0.2) is 0 Å². The molecule has 1 aliphatic rings. The van der Waals surface area contributed by atoms with E-state index in [0.717, 1.165) is 21.1 Å². The summed E-state index contributed by atoms with van der Waals surface area (Å²) >= 11 is 9.43. The van der Waals surface area contributed by atoms with Gasteiger partial charge in [0.1, 0.15) is 0 Å². The largest absolute Gasteiger partial charge is 0.381 e. The highest BCUT2D eigenvalue weighted by Gasteiger charge is 2.23. The first kappa shape index (κ1) is 11.3. The van der Waals surface area contributed by atoms with Gasteiger partial charge in [0.25, 0.3) is 0 Å². The molecule has 0 bridgehead atoms. The van der Waals surface area contributed by atoms with Crippen LogP contribution in [0.5, 0.6) is 0 Å². The van der Waals surface area contributed by atoms with E-state index >= 15 is 0 Å². The fraction of sp³-hybridized carbons (Fsp3) is 0.500. The Morgan fingerprint density at radius 1 is 1.40 bits per heavy atom. The van der Waals surface area contributed by atoms with Crippen LogP contribution in [-0.2, 0) is 0 Å². The molecule has 1 saturated carbocycles. The molecule has 1 nitrogen and oxygen atoms in total. The first-order valence-corrected chi connectivity index (χ1v) is 6.55. The lowest BCUT2D eigenvalue weighted by Gasteiger charge is -2.19. The Kier molecular flexibility index (Phi) is 3.57. The third-order valence-corrected chi connectivity index (χ3v) is 4.02. The molecule has 1 aromatic rings. The smallest absolute Gasteiger partial charge is 0.0487 e. The van der Waals surface area contributed by atoms with Crippen molar-refractivity contribution in [1.82, 2.24) is 0 Å². The predicted octanol–water partition coefficient (Wildman–Crippen LogP) is 4.70. The highest BCUT2D eigenvalue weighted by atomic mass is 79.9. The van der Waals surface area contributed by atoms with E-state index in [2.05, 4.69) is 28.2 Å². The molecule has 82 valence electrons. The molecule has 0 amide bonds. The van der Waals surface area contributed by atoms with E-state index in [4.69, 9.17) is 11.6 Å². The van der Waals surface area contributed by atoms with Crippen molar-refractivity contribution in [2.45, 2.75) is 32.2 Å². The van der Waals surface area contributed by atoms with Crippen molar-refractivity contribution >= 4 is 33.2 Å². The monoisotopic (exact) mass is 287 g/mol. The maximum absolute atomic E-state index is 5.90. The van der Waals surface area contributed by atoms with Crippen LogP contribution in [-0.4, -0.2) is 6.04 Å². The number of benzene rings is 1. The normalized spacial score (nSPS) is 25.5. The molecular formula is C12H15BrClN. The Morgan fingerprint density at radius 3 is 2.80 bits per heavy atom. The standard InChI is InChI=1S/C12H15BrClN/c1-8-3-2-4-11(8)15-12-6-5-9(14)7-10(12)13/h5-8,11,15H,2-4H2,1H3. The van der Waals surface area contributed by atoms with Crippen molar-refractivity contribution in [3.63, 3.8) is 0 Å². The highest BCUT2D eigenvalue weighted by molar-refractivity contribution is 9.10. The zero-order valence-corrected chi connectivity index (χ0v) is 11.1. The lowest BCUT2D eigenvalue weighted by molar-refractivity contribution is 0.556. The average Bonchev–Trinajstić information content (AvgIpc) is 2.57. The molecule has 0 heterocycles. The van der Waals surface area contributed by atoms with Crippen LogP contribution in [0.1, 0.15) is 26.2 Å². The van der Waals surface area contributed by atoms with E-state index in [-0.39, 0.29) is 0 Å². The van der Waals surface area contributed by atoms with Crippen molar-refractivity contribution in [2.75, 3.05) is 5.32 Å². The van der Waals surface area contributed by atoms with Crippen LogP contribution in [0.3, 0.4) is 0 Å². The Bertz CT molecular complexity index is 353. The second kappa shape index (κ2) is 4.75. The van der Waals surface area contributed by atoms with Crippen LogP contribution in [0.15, 0.2) is 22.7 Å². The SMILES string of the molecule is CC1CCCC1Nc1ccc(Cl)cc1Br.